The molecule has 0 aliphatic carbocycles. The number of carbonyl (C=O) groups excluding carboxylic acids is 1. The van der Waals surface area contributed by atoms with Crippen molar-refractivity contribution in [3.05, 3.63) is 4.88 Å². The summed E-state index contributed by atoms with van der Waals surface area (Å²) in [6, 6.07) is 0.451. The minimum atomic E-state index is -0.0510. The highest BCUT2D eigenvalue weighted by Crippen LogP contribution is 2.27. The molecule has 1 unspecified atom stereocenters. The van der Waals surface area contributed by atoms with Crippen LogP contribution in [0.3, 0.4) is 0 Å². The predicted octanol–water partition coefficient (Wildman–Crippen LogP) is 3.05. The second kappa shape index (κ2) is 6.92. The van der Waals surface area contributed by atoms with E-state index in [1.807, 2.05) is 20.9 Å². The van der Waals surface area contributed by atoms with E-state index in [1.54, 1.807) is 4.90 Å². The van der Waals surface area contributed by atoms with E-state index < -0.39 is 0 Å². The van der Waals surface area contributed by atoms with Gasteiger partial charge in [0.2, 0.25) is 0 Å². The second-order valence-corrected chi connectivity index (χ2v) is 6.93. The summed E-state index contributed by atoms with van der Waals surface area (Å²) in [6.07, 6.45) is 0.970. The summed E-state index contributed by atoms with van der Waals surface area (Å²) in [5.41, 5.74) is 5.87. The summed E-state index contributed by atoms with van der Waals surface area (Å²) >= 11 is 1.32. The van der Waals surface area contributed by atoms with Crippen molar-refractivity contribution in [2.24, 2.45) is 5.92 Å². The van der Waals surface area contributed by atoms with Crippen LogP contribution in [-0.2, 0) is 0 Å². The number of nitrogens with two attached hydrogens (primary N) is 1. The molecule has 5 nitrogen and oxygen atoms in total. The molecule has 0 saturated heterocycles. The number of hydrogen-bond donors (Lipinski definition) is 2. The van der Waals surface area contributed by atoms with Gasteiger partial charge in [-0.3, -0.25) is 4.79 Å². The highest BCUT2D eigenvalue weighted by molar-refractivity contribution is 7.18. The predicted molar refractivity (Wildman–Crippen MR) is 86.3 cm³/mol. The van der Waals surface area contributed by atoms with Crippen LogP contribution in [0.25, 0.3) is 0 Å². The molecule has 1 amide bonds. The summed E-state index contributed by atoms with van der Waals surface area (Å²) in [5, 5.41) is 3.88. The largest absolute Gasteiger partial charge is 0.382 e. The zero-order chi connectivity index (χ0) is 15.4. The molecule has 20 heavy (non-hydrogen) atoms. The molecule has 1 aromatic rings. The maximum atomic E-state index is 12.5. The average Bonchev–Trinajstić information content (AvgIpc) is 2.66. The van der Waals surface area contributed by atoms with Gasteiger partial charge in [-0.2, -0.15) is 0 Å². The molecule has 6 heteroatoms. The highest BCUT2D eigenvalue weighted by atomic mass is 32.1. The Morgan fingerprint density at radius 1 is 1.35 bits per heavy atom. The van der Waals surface area contributed by atoms with Crippen LogP contribution < -0.4 is 11.1 Å². The highest BCUT2D eigenvalue weighted by Gasteiger charge is 2.23. The van der Waals surface area contributed by atoms with E-state index >= 15 is 0 Å². The number of carbonyl (C=O) groups is 1. The average molecular weight is 298 g/mol. The lowest BCUT2D eigenvalue weighted by atomic mass is 10.0. The van der Waals surface area contributed by atoms with Gasteiger partial charge in [0.05, 0.1) is 0 Å². The molecule has 3 N–H and O–H groups in total. The van der Waals surface area contributed by atoms with E-state index in [0.29, 0.717) is 21.7 Å². The summed E-state index contributed by atoms with van der Waals surface area (Å²) in [4.78, 5) is 19.0. The van der Waals surface area contributed by atoms with Crippen LogP contribution in [-0.4, -0.2) is 34.9 Å². The van der Waals surface area contributed by atoms with Crippen LogP contribution in [0.4, 0.5) is 10.9 Å². The smallest absolute Gasteiger partial charge is 0.267 e. The fourth-order valence-electron chi connectivity index (χ4n) is 1.99. The van der Waals surface area contributed by atoms with E-state index in [-0.39, 0.29) is 18.0 Å². The van der Waals surface area contributed by atoms with Gasteiger partial charge >= 0.3 is 0 Å². The molecule has 0 spiro atoms. The fourth-order valence-corrected chi connectivity index (χ4v) is 3.01. The molecule has 0 aliphatic heterocycles. The van der Waals surface area contributed by atoms with Crippen LogP contribution in [0, 0.1) is 5.92 Å². The third-order valence-electron chi connectivity index (χ3n) is 3.05. The van der Waals surface area contributed by atoms with Gasteiger partial charge in [0, 0.05) is 19.1 Å². The number of hydrogen-bond acceptors (Lipinski definition) is 5. The Morgan fingerprint density at radius 2 is 1.95 bits per heavy atom. The molecular weight excluding hydrogens is 272 g/mol. The molecule has 0 aliphatic rings. The zero-order valence-corrected chi connectivity index (χ0v) is 14.0. The maximum Gasteiger partial charge on any atom is 0.267 e. The number of nitrogens with zero attached hydrogens (tertiary/aromatic N) is 2. The summed E-state index contributed by atoms with van der Waals surface area (Å²) < 4.78 is 0. The lowest BCUT2D eigenvalue weighted by Crippen LogP contribution is -2.35. The van der Waals surface area contributed by atoms with Crippen molar-refractivity contribution >= 4 is 28.2 Å². The van der Waals surface area contributed by atoms with Gasteiger partial charge in [0.25, 0.3) is 5.91 Å². The lowest BCUT2D eigenvalue weighted by molar-refractivity contribution is 0.0734. The molecule has 114 valence electrons. The quantitative estimate of drug-likeness (QED) is 0.846. The molecule has 0 saturated carbocycles. The third kappa shape index (κ3) is 4.37. The van der Waals surface area contributed by atoms with Gasteiger partial charge in [-0.05, 0) is 33.1 Å². The van der Waals surface area contributed by atoms with Gasteiger partial charge in [-0.15, -0.1) is 0 Å². The Morgan fingerprint density at radius 3 is 2.45 bits per heavy atom. The number of thiazole rings is 1. The van der Waals surface area contributed by atoms with Crippen molar-refractivity contribution in [3.63, 3.8) is 0 Å². The Hall–Kier alpha value is -1.30. The zero-order valence-electron chi connectivity index (χ0n) is 13.2. The van der Waals surface area contributed by atoms with Crippen LogP contribution >= 0.6 is 11.3 Å². The van der Waals surface area contributed by atoms with Crippen LogP contribution in [0.15, 0.2) is 0 Å². The SMILES string of the molecule is CC(C)CC(C)N(C)C(=O)c1sc(NC(C)C)nc1N. The van der Waals surface area contributed by atoms with E-state index in [1.165, 1.54) is 11.3 Å². The molecule has 1 heterocycles. The Kier molecular flexibility index (Phi) is 5.80. The minimum absolute atomic E-state index is 0.0510. The molecular formula is C14H26N4OS. The third-order valence-corrected chi connectivity index (χ3v) is 4.04. The maximum absolute atomic E-state index is 12.5. The number of nitrogen functional groups attached to an aromatic ring is 1. The van der Waals surface area contributed by atoms with Gasteiger partial charge in [-0.25, -0.2) is 4.98 Å². The molecule has 0 bridgehead atoms. The number of rotatable bonds is 6. The van der Waals surface area contributed by atoms with E-state index in [9.17, 15) is 4.79 Å². The van der Waals surface area contributed by atoms with Gasteiger partial charge in [-0.1, -0.05) is 25.2 Å². The monoisotopic (exact) mass is 298 g/mol. The van der Waals surface area contributed by atoms with Crippen LogP contribution in [0.1, 0.15) is 50.7 Å². The van der Waals surface area contributed by atoms with E-state index in [2.05, 4.69) is 31.1 Å². The Balaban J connectivity index is 2.83. The standard InChI is InChI=1S/C14H26N4OS/c1-8(2)7-10(5)18(6)13(19)11-12(15)17-14(20-11)16-9(3)4/h8-10H,7,15H2,1-6H3,(H,16,17). The summed E-state index contributed by atoms with van der Waals surface area (Å²) in [6.45, 7) is 10.4. The first-order chi connectivity index (χ1) is 9.22. The van der Waals surface area contributed by atoms with Crippen molar-refractivity contribution in [1.29, 1.82) is 0 Å². The lowest BCUT2D eigenvalue weighted by Gasteiger charge is -2.25. The first-order valence-electron chi connectivity index (χ1n) is 7.02. The molecule has 0 fully saturated rings. The summed E-state index contributed by atoms with van der Waals surface area (Å²) in [5.74, 6) is 0.814. The minimum Gasteiger partial charge on any atom is -0.382 e. The first kappa shape index (κ1) is 16.8. The first-order valence-corrected chi connectivity index (χ1v) is 7.84. The molecule has 1 atom stereocenters. The molecule has 1 rings (SSSR count). The molecule has 0 radical (unpaired) electrons. The number of amides is 1. The number of aromatic nitrogens is 1. The van der Waals surface area contributed by atoms with Gasteiger partial charge < -0.3 is 16.0 Å². The fraction of sp³-hybridized carbons (Fsp3) is 0.714. The van der Waals surface area contributed by atoms with Crippen molar-refractivity contribution in [1.82, 2.24) is 9.88 Å². The summed E-state index contributed by atoms with van der Waals surface area (Å²) in [7, 11) is 1.82. The molecule has 0 aromatic carbocycles. The van der Waals surface area contributed by atoms with Crippen molar-refractivity contribution < 1.29 is 4.79 Å². The topological polar surface area (TPSA) is 71.2 Å². The van der Waals surface area contributed by atoms with Crippen molar-refractivity contribution in [3.8, 4) is 0 Å². The Bertz CT molecular complexity index is 456. The molecule has 1 aromatic heterocycles. The van der Waals surface area contributed by atoms with Crippen LogP contribution in [0.5, 0.6) is 0 Å². The number of nitrogens with one attached hydrogen (secondary N) is 1. The van der Waals surface area contributed by atoms with E-state index in [4.69, 9.17) is 5.73 Å². The number of anilines is 2. The van der Waals surface area contributed by atoms with Gasteiger partial charge in [0.15, 0.2) is 5.13 Å². The van der Waals surface area contributed by atoms with E-state index in [0.717, 1.165) is 6.42 Å². The van der Waals surface area contributed by atoms with Crippen molar-refractivity contribution in [2.45, 2.75) is 53.1 Å². The van der Waals surface area contributed by atoms with Crippen molar-refractivity contribution in [2.75, 3.05) is 18.1 Å². The second-order valence-electron chi connectivity index (χ2n) is 5.93. The Labute approximate surface area is 125 Å². The normalized spacial score (nSPS) is 12.8. The van der Waals surface area contributed by atoms with Gasteiger partial charge in [0.1, 0.15) is 10.7 Å². The van der Waals surface area contributed by atoms with Crippen LogP contribution in [0.2, 0.25) is 0 Å².